The highest BCUT2D eigenvalue weighted by molar-refractivity contribution is 4.97. The van der Waals surface area contributed by atoms with Crippen molar-refractivity contribution >= 4 is 0 Å². The van der Waals surface area contributed by atoms with Crippen LogP contribution in [0, 0.1) is 0 Å². The Morgan fingerprint density at radius 1 is 0.333 bits per heavy atom. The van der Waals surface area contributed by atoms with Crippen LogP contribution in [0.5, 0.6) is 0 Å². The van der Waals surface area contributed by atoms with E-state index in [9.17, 15) is 71.5 Å². The van der Waals surface area contributed by atoms with Crippen LogP contribution in [-0.4, -0.2) is 221 Å². The smallest absolute Gasteiger partial charge is 0.187 e. The highest BCUT2D eigenvalue weighted by Gasteiger charge is 2.55. The molecule has 4 aliphatic rings. The summed E-state index contributed by atoms with van der Waals surface area (Å²) < 4.78 is 37.5. The van der Waals surface area contributed by atoms with E-state index in [0.717, 1.165) is 0 Å². The van der Waals surface area contributed by atoms with Crippen LogP contribution in [0.15, 0.2) is 0 Å². The first-order valence-electron chi connectivity index (χ1n) is 14.1. The minimum Gasteiger partial charge on any atom is -0.394 e. The van der Waals surface area contributed by atoms with Crippen LogP contribution < -0.4 is 0 Å². The molecule has 45 heavy (non-hydrogen) atoms. The average Bonchev–Trinajstić information content (AvgIpc) is 3.02. The predicted molar refractivity (Wildman–Crippen MR) is 134 cm³/mol. The van der Waals surface area contributed by atoms with Crippen molar-refractivity contribution in [1.29, 1.82) is 0 Å². The number of rotatable bonds is 10. The zero-order valence-corrected chi connectivity index (χ0v) is 23.5. The topological polar surface area (TPSA) is 348 Å². The van der Waals surface area contributed by atoms with Crippen molar-refractivity contribution in [1.82, 2.24) is 0 Å². The Bertz CT molecular complexity index is 916. The highest BCUT2D eigenvalue weighted by atomic mass is 16.8. The van der Waals surface area contributed by atoms with E-state index in [1.54, 1.807) is 0 Å². The second-order valence-corrected chi connectivity index (χ2v) is 11.1. The predicted octanol–water partition coefficient (Wildman–Crippen LogP) is -9.75. The first-order valence-corrected chi connectivity index (χ1v) is 14.1. The van der Waals surface area contributed by atoms with Gasteiger partial charge < -0.3 is 105 Å². The molecule has 0 bridgehead atoms. The lowest BCUT2D eigenvalue weighted by molar-refractivity contribution is -0.389. The van der Waals surface area contributed by atoms with Gasteiger partial charge in [-0.15, -0.1) is 0 Å². The van der Waals surface area contributed by atoms with Gasteiger partial charge in [-0.05, 0) is 0 Å². The Labute approximate surface area is 254 Å². The second kappa shape index (κ2) is 15.6. The summed E-state index contributed by atoms with van der Waals surface area (Å²) >= 11 is 0. The first-order chi connectivity index (χ1) is 21.3. The summed E-state index contributed by atoms with van der Waals surface area (Å²) in [6.07, 6.45) is -36.1. The molecule has 14 N–H and O–H groups in total. The largest absolute Gasteiger partial charge is 0.394 e. The summed E-state index contributed by atoms with van der Waals surface area (Å²) in [6, 6.07) is 0. The van der Waals surface area contributed by atoms with Crippen molar-refractivity contribution in [2.45, 2.75) is 123 Å². The third kappa shape index (κ3) is 7.44. The summed E-state index contributed by atoms with van der Waals surface area (Å²) in [5.41, 5.74) is 0. The molecule has 0 amide bonds. The monoisotopic (exact) mass is 666 g/mol. The van der Waals surface area contributed by atoms with Crippen LogP contribution in [-0.2, 0) is 33.2 Å². The Kier molecular flexibility index (Phi) is 12.8. The highest BCUT2D eigenvalue weighted by Crippen LogP contribution is 2.34. The number of hydrogen-bond donors (Lipinski definition) is 14. The van der Waals surface area contributed by atoms with Crippen molar-refractivity contribution in [3.05, 3.63) is 0 Å². The van der Waals surface area contributed by atoms with Crippen LogP contribution in [0.4, 0.5) is 0 Å². The third-order valence-electron chi connectivity index (χ3n) is 8.21. The van der Waals surface area contributed by atoms with Gasteiger partial charge in [0.25, 0.3) is 0 Å². The maximum atomic E-state index is 11.1. The van der Waals surface area contributed by atoms with Crippen molar-refractivity contribution in [3.63, 3.8) is 0 Å². The summed E-state index contributed by atoms with van der Waals surface area (Å²) in [6.45, 7) is -3.42. The van der Waals surface area contributed by atoms with Gasteiger partial charge in [0, 0.05) is 0 Å². The van der Waals surface area contributed by atoms with Gasteiger partial charge in [0.1, 0.15) is 97.7 Å². The SMILES string of the molecule is OC[C@H]1O[C@@H](O[C@@H]2[C@@H](O)[C@H](O[C@@H]3[C@@H](O)[C@H](O[C@@H]4[C@@H](O)[C@@H](O)O[C@H](CO)[C@H]4O)O[C@H](CO)[C@H]3O)O[C@H](CO)[C@H]2O)[C@H](O)[C@@H](O)[C@@H]1O. The lowest BCUT2D eigenvalue weighted by atomic mass is 9.95. The van der Waals surface area contributed by atoms with E-state index in [1.807, 2.05) is 0 Å². The lowest BCUT2D eigenvalue weighted by Gasteiger charge is -2.49. The molecule has 264 valence electrons. The van der Waals surface area contributed by atoms with E-state index in [2.05, 4.69) is 0 Å². The maximum absolute atomic E-state index is 11.1. The third-order valence-corrected chi connectivity index (χ3v) is 8.21. The van der Waals surface area contributed by atoms with Crippen molar-refractivity contribution in [2.24, 2.45) is 0 Å². The molecule has 0 aliphatic carbocycles. The fraction of sp³-hybridized carbons (Fsp3) is 1.00. The molecule has 20 atom stereocenters. The lowest BCUT2D eigenvalue weighted by Crippen LogP contribution is -2.67. The van der Waals surface area contributed by atoms with E-state index < -0.39 is 149 Å². The molecule has 0 saturated carbocycles. The molecule has 0 radical (unpaired) electrons. The van der Waals surface area contributed by atoms with E-state index >= 15 is 0 Å². The Hall–Kier alpha value is -0.840. The summed E-state index contributed by atoms with van der Waals surface area (Å²) in [5, 5.41) is 143. The molecule has 4 saturated heterocycles. The van der Waals surface area contributed by atoms with Gasteiger partial charge in [-0.1, -0.05) is 0 Å². The number of ether oxygens (including phenoxy) is 7. The first kappa shape index (κ1) is 37.0. The standard InChI is InChI=1S/C24H42O21/c25-1-5-9(29)13(33)14(34)22(40-5)44-19-11(31)7(3-27)42-24(16(19)36)45-20-12(32)8(4-28)41-23(17(20)37)43-18-10(30)6(2-26)39-21(38)15(18)35/h5-38H,1-4H2/t5-,6-,7-,8-,9-,10-,11-,12-,13+,14-,15-,16-,17-,18+,19+,20+,21+,22+,23+,24+/m1/s1. The van der Waals surface area contributed by atoms with Gasteiger partial charge in [-0.2, -0.15) is 0 Å². The van der Waals surface area contributed by atoms with Crippen LogP contribution in [0.2, 0.25) is 0 Å². The molecule has 21 heteroatoms. The molecule has 4 heterocycles. The van der Waals surface area contributed by atoms with Crippen LogP contribution >= 0.6 is 0 Å². The van der Waals surface area contributed by atoms with Gasteiger partial charge >= 0.3 is 0 Å². The second-order valence-electron chi connectivity index (χ2n) is 11.1. The van der Waals surface area contributed by atoms with E-state index in [-0.39, 0.29) is 0 Å². The van der Waals surface area contributed by atoms with Crippen LogP contribution in [0.25, 0.3) is 0 Å². The number of hydrogen-bond acceptors (Lipinski definition) is 21. The van der Waals surface area contributed by atoms with Crippen molar-refractivity contribution in [2.75, 3.05) is 26.4 Å². The molecular formula is C24H42O21. The summed E-state index contributed by atoms with van der Waals surface area (Å²) in [4.78, 5) is 0. The fourth-order valence-corrected chi connectivity index (χ4v) is 5.53. The Morgan fingerprint density at radius 2 is 0.644 bits per heavy atom. The van der Waals surface area contributed by atoms with E-state index in [4.69, 9.17) is 33.2 Å². The summed E-state index contributed by atoms with van der Waals surface area (Å²) in [5.74, 6) is 0. The quantitative estimate of drug-likeness (QED) is 0.103. The van der Waals surface area contributed by atoms with E-state index in [1.165, 1.54) is 0 Å². The molecule has 4 fully saturated rings. The molecule has 0 aromatic heterocycles. The summed E-state index contributed by atoms with van der Waals surface area (Å²) in [7, 11) is 0. The molecule has 4 aliphatic heterocycles. The minimum atomic E-state index is -2.05. The van der Waals surface area contributed by atoms with Crippen molar-refractivity contribution in [3.8, 4) is 0 Å². The van der Waals surface area contributed by atoms with Crippen molar-refractivity contribution < 1.29 is 105 Å². The normalized spacial score (nSPS) is 52.9. The minimum absolute atomic E-state index is 0.802. The Balaban J connectivity index is 1.53. The molecular weight excluding hydrogens is 624 g/mol. The Morgan fingerprint density at radius 3 is 1.02 bits per heavy atom. The van der Waals surface area contributed by atoms with Gasteiger partial charge in [-0.3, -0.25) is 0 Å². The zero-order valence-electron chi connectivity index (χ0n) is 23.5. The number of aliphatic hydroxyl groups is 14. The van der Waals surface area contributed by atoms with Gasteiger partial charge in [0.05, 0.1) is 26.4 Å². The van der Waals surface area contributed by atoms with Gasteiger partial charge in [0.2, 0.25) is 0 Å². The fourth-order valence-electron chi connectivity index (χ4n) is 5.53. The molecule has 0 unspecified atom stereocenters. The molecule has 21 nitrogen and oxygen atoms in total. The van der Waals surface area contributed by atoms with E-state index in [0.29, 0.717) is 0 Å². The van der Waals surface area contributed by atoms with Crippen LogP contribution in [0.1, 0.15) is 0 Å². The molecule has 4 rings (SSSR count). The molecule has 0 spiro atoms. The van der Waals surface area contributed by atoms with Gasteiger partial charge in [-0.25, -0.2) is 0 Å². The molecule has 0 aromatic carbocycles. The molecule has 0 aromatic rings. The zero-order chi connectivity index (χ0) is 33.3. The van der Waals surface area contributed by atoms with Crippen LogP contribution in [0.3, 0.4) is 0 Å². The average molecular weight is 667 g/mol. The van der Waals surface area contributed by atoms with Gasteiger partial charge in [0.15, 0.2) is 25.2 Å². The number of aliphatic hydroxyl groups excluding tert-OH is 14. The maximum Gasteiger partial charge on any atom is 0.187 e.